The lowest BCUT2D eigenvalue weighted by Gasteiger charge is -2.02. The zero-order valence-electron chi connectivity index (χ0n) is 11.0. The number of halogens is 1. The molecule has 0 aromatic heterocycles. The number of nitrogens with one attached hydrogen (secondary N) is 1. The molecule has 8 nitrogen and oxygen atoms in total. The molecule has 2 aromatic rings. The number of hydrogen-bond donors (Lipinski definition) is 1. The second kappa shape index (κ2) is 6.76. The second-order valence-electron chi connectivity index (χ2n) is 4.14. The van der Waals surface area contributed by atoms with Crippen molar-refractivity contribution in [3.05, 3.63) is 72.7 Å². The predicted molar refractivity (Wildman–Crippen MR) is 85.1 cm³/mol. The Hall–Kier alpha value is -2.81. The third kappa shape index (κ3) is 3.85. The van der Waals surface area contributed by atoms with Crippen molar-refractivity contribution in [3.8, 4) is 0 Å². The lowest BCUT2D eigenvalue weighted by atomic mass is 10.2. The van der Waals surface area contributed by atoms with Gasteiger partial charge in [0.25, 0.3) is 5.69 Å². The molecule has 2 rings (SSSR count). The van der Waals surface area contributed by atoms with Crippen LogP contribution in [0.4, 0.5) is 17.1 Å². The van der Waals surface area contributed by atoms with E-state index in [4.69, 9.17) is 0 Å². The van der Waals surface area contributed by atoms with Gasteiger partial charge in [0.05, 0.1) is 22.1 Å². The van der Waals surface area contributed by atoms with Gasteiger partial charge in [-0.25, -0.2) is 0 Å². The highest BCUT2D eigenvalue weighted by Crippen LogP contribution is 2.28. The van der Waals surface area contributed by atoms with Crippen LogP contribution in [0.15, 0.2) is 52.0 Å². The third-order valence-electron chi connectivity index (χ3n) is 2.64. The lowest BCUT2D eigenvalue weighted by molar-refractivity contribution is -0.393. The summed E-state index contributed by atoms with van der Waals surface area (Å²) in [5, 5.41) is 25.5. The molecule has 2 aromatic carbocycles. The standard InChI is InChI=1S/C13H9BrN4O4/c14-10-3-1-2-9(6-10)8-15-16-12-5-4-11(17(19)20)7-13(12)18(21)22/h1-8,16H. The predicted octanol–water partition coefficient (Wildman–Crippen LogP) is 3.71. The van der Waals surface area contributed by atoms with E-state index >= 15 is 0 Å². The van der Waals surface area contributed by atoms with E-state index in [0.29, 0.717) is 0 Å². The minimum absolute atomic E-state index is 0.0712. The van der Waals surface area contributed by atoms with Crippen LogP contribution in [0, 0.1) is 20.2 Å². The summed E-state index contributed by atoms with van der Waals surface area (Å²) in [5.74, 6) is 0. The van der Waals surface area contributed by atoms with Gasteiger partial charge < -0.3 is 0 Å². The van der Waals surface area contributed by atoms with Crippen LogP contribution in [0.2, 0.25) is 0 Å². The molecule has 0 aliphatic heterocycles. The molecule has 22 heavy (non-hydrogen) atoms. The van der Waals surface area contributed by atoms with Crippen LogP contribution in [0.3, 0.4) is 0 Å². The average molecular weight is 365 g/mol. The number of hydrazone groups is 1. The molecule has 112 valence electrons. The smallest absolute Gasteiger partial charge is 0.272 e. The van der Waals surface area contributed by atoms with E-state index in [2.05, 4.69) is 26.5 Å². The molecule has 0 saturated heterocycles. The number of nitro groups is 2. The monoisotopic (exact) mass is 364 g/mol. The first-order valence-corrected chi connectivity index (χ1v) is 6.74. The minimum Gasteiger partial charge on any atom is -0.272 e. The zero-order valence-corrected chi connectivity index (χ0v) is 12.6. The summed E-state index contributed by atoms with van der Waals surface area (Å²) in [6, 6.07) is 10.6. The molecule has 0 atom stereocenters. The molecule has 0 spiro atoms. The Bertz CT molecular complexity index is 763. The summed E-state index contributed by atoms with van der Waals surface area (Å²) in [6.45, 7) is 0. The fourth-order valence-electron chi connectivity index (χ4n) is 1.64. The molecular weight excluding hydrogens is 356 g/mol. The van der Waals surface area contributed by atoms with Crippen LogP contribution in [0.25, 0.3) is 0 Å². The Morgan fingerprint density at radius 2 is 1.86 bits per heavy atom. The largest absolute Gasteiger partial charge is 0.301 e. The number of nitro benzene ring substituents is 2. The zero-order chi connectivity index (χ0) is 16.1. The van der Waals surface area contributed by atoms with Crippen LogP contribution in [0.1, 0.15) is 5.56 Å². The van der Waals surface area contributed by atoms with Crippen molar-refractivity contribution < 1.29 is 9.85 Å². The van der Waals surface area contributed by atoms with Gasteiger partial charge in [-0.1, -0.05) is 28.1 Å². The normalized spacial score (nSPS) is 10.6. The molecule has 0 heterocycles. The summed E-state index contributed by atoms with van der Waals surface area (Å²) in [5.41, 5.74) is 2.60. The molecule has 0 saturated carbocycles. The van der Waals surface area contributed by atoms with Crippen molar-refractivity contribution >= 4 is 39.2 Å². The third-order valence-corrected chi connectivity index (χ3v) is 3.13. The fraction of sp³-hybridized carbons (Fsp3) is 0. The van der Waals surface area contributed by atoms with E-state index in [0.717, 1.165) is 16.1 Å². The van der Waals surface area contributed by atoms with E-state index in [-0.39, 0.29) is 11.4 Å². The number of rotatable bonds is 5. The quantitative estimate of drug-likeness (QED) is 0.493. The van der Waals surface area contributed by atoms with Crippen LogP contribution in [-0.4, -0.2) is 16.1 Å². The highest BCUT2D eigenvalue weighted by atomic mass is 79.9. The first kappa shape index (κ1) is 15.6. The Balaban J connectivity index is 2.22. The van der Waals surface area contributed by atoms with E-state index in [9.17, 15) is 20.2 Å². The number of anilines is 1. The van der Waals surface area contributed by atoms with Gasteiger partial charge in [0.15, 0.2) is 0 Å². The van der Waals surface area contributed by atoms with Gasteiger partial charge in [0, 0.05) is 10.5 Å². The molecule has 9 heteroatoms. The lowest BCUT2D eigenvalue weighted by Crippen LogP contribution is -1.98. The number of benzene rings is 2. The van der Waals surface area contributed by atoms with Gasteiger partial charge in [0.2, 0.25) is 0 Å². The Morgan fingerprint density at radius 1 is 1.09 bits per heavy atom. The molecule has 0 fully saturated rings. The summed E-state index contributed by atoms with van der Waals surface area (Å²) >= 11 is 3.32. The van der Waals surface area contributed by atoms with Gasteiger partial charge in [-0.15, -0.1) is 0 Å². The van der Waals surface area contributed by atoms with Crippen LogP contribution in [-0.2, 0) is 0 Å². The highest BCUT2D eigenvalue weighted by molar-refractivity contribution is 9.10. The van der Waals surface area contributed by atoms with Gasteiger partial charge in [0.1, 0.15) is 5.69 Å². The molecule has 0 aliphatic rings. The van der Waals surface area contributed by atoms with Crippen molar-refractivity contribution in [1.29, 1.82) is 0 Å². The maximum Gasteiger partial charge on any atom is 0.301 e. The topological polar surface area (TPSA) is 111 Å². The molecule has 0 radical (unpaired) electrons. The van der Waals surface area contributed by atoms with Crippen LogP contribution >= 0.6 is 15.9 Å². The van der Waals surface area contributed by atoms with Crippen LogP contribution < -0.4 is 5.43 Å². The average Bonchev–Trinajstić information content (AvgIpc) is 2.47. The van der Waals surface area contributed by atoms with Gasteiger partial charge >= 0.3 is 5.69 Å². The first-order valence-electron chi connectivity index (χ1n) is 5.95. The molecule has 0 unspecified atom stereocenters. The highest BCUT2D eigenvalue weighted by Gasteiger charge is 2.18. The fourth-order valence-corrected chi connectivity index (χ4v) is 2.06. The van der Waals surface area contributed by atoms with E-state index in [1.54, 1.807) is 6.07 Å². The maximum atomic E-state index is 11.0. The minimum atomic E-state index is -0.704. The maximum absolute atomic E-state index is 11.0. The summed E-state index contributed by atoms with van der Waals surface area (Å²) in [4.78, 5) is 20.2. The van der Waals surface area contributed by atoms with Crippen molar-refractivity contribution in [2.24, 2.45) is 5.10 Å². The van der Waals surface area contributed by atoms with Crippen LogP contribution in [0.5, 0.6) is 0 Å². The Kier molecular flexibility index (Phi) is 4.79. The summed E-state index contributed by atoms with van der Waals surface area (Å²) < 4.78 is 0.873. The molecule has 0 aliphatic carbocycles. The Labute approximate surface area is 132 Å². The molecular formula is C13H9BrN4O4. The van der Waals surface area contributed by atoms with Gasteiger partial charge in [-0.3, -0.25) is 25.7 Å². The first-order chi connectivity index (χ1) is 10.5. The van der Waals surface area contributed by atoms with Crippen molar-refractivity contribution in [1.82, 2.24) is 0 Å². The number of nitrogens with zero attached hydrogens (tertiary/aromatic N) is 3. The summed E-state index contributed by atoms with van der Waals surface area (Å²) in [7, 11) is 0. The number of hydrogen-bond acceptors (Lipinski definition) is 6. The molecule has 0 amide bonds. The summed E-state index contributed by atoms with van der Waals surface area (Å²) in [6.07, 6.45) is 1.48. The van der Waals surface area contributed by atoms with E-state index in [1.165, 1.54) is 18.3 Å². The van der Waals surface area contributed by atoms with Crippen molar-refractivity contribution in [2.75, 3.05) is 5.43 Å². The van der Waals surface area contributed by atoms with Crippen molar-refractivity contribution in [3.63, 3.8) is 0 Å². The van der Waals surface area contributed by atoms with Crippen molar-refractivity contribution in [2.45, 2.75) is 0 Å². The molecule has 0 bridgehead atoms. The van der Waals surface area contributed by atoms with Gasteiger partial charge in [-0.2, -0.15) is 5.10 Å². The second-order valence-corrected chi connectivity index (χ2v) is 5.06. The molecule has 1 N–H and O–H groups in total. The van der Waals surface area contributed by atoms with E-state index < -0.39 is 15.5 Å². The Morgan fingerprint density at radius 3 is 2.50 bits per heavy atom. The van der Waals surface area contributed by atoms with Gasteiger partial charge in [-0.05, 0) is 23.8 Å². The SMILES string of the molecule is O=[N+]([O-])c1ccc(NN=Cc2cccc(Br)c2)c([N+](=O)[O-])c1. The number of non-ortho nitro benzene ring substituents is 1. The van der Waals surface area contributed by atoms with E-state index in [1.807, 2.05) is 18.2 Å².